The summed E-state index contributed by atoms with van der Waals surface area (Å²) in [6.07, 6.45) is 0.794. The van der Waals surface area contributed by atoms with E-state index in [9.17, 15) is 4.79 Å². The Balaban J connectivity index is 2.34. The van der Waals surface area contributed by atoms with Gasteiger partial charge in [0.05, 0.1) is 5.56 Å². The number of aromatic nitrogens is 1. The van der Waals surface area contributed by atoms with Crippen molar-refractivity contribution in [2.75, 3.05) is 13.1 Å². The lowest BCUT2D eigenvalue weighted by Crippen LogP contribution is -2.26. The Morgan fingerprint density at radius 2 is 1.95 bits per heavy atom. The van der Waals surface area contributed by atoms with Crippen LogP contribution in [0, 0.1) is 20.8 Å². The maximum absolute atomic E-state index is 12.3. The van der Waals surface area contributed by atoms with Crippen molar-refractivity contribution < 1.29 is 4.79 Å². The van der Waals surface area contributed by atoms with E-state index in [4.69, 9.17) is 5.73 Å². The molecule has 0 aliphatic heterocycles. The molecule has 0 bridgehead atoms. The highest BCUT2D eigenvalue weighted by Crippen LogP contribution is 2.23. The average molecular weight is 285 g/mol. The van der Waals surface area contributed by atoms with Crippen LogP contribution in [0.3, 0.4) is 0 Å². The third kappa shape index (κ3) is 3.16. The SMILES string of the molecule is Cc1ccccc1-n1c(C)cc(C(=O)NCCCN)c1C. The number of hydrogen-bond acceptors (Lipinski definition) is 2. The molecule has 0 saturated heterocycles. The number of hydrogen-bond donors (Lipinski definition) is 2. The summed E-state index contributed by atoms with van der Waals surface area (Å²) in [4.78, 5) is 12.3. The minimum absolute atomic E-state index is 0.0311. The van der Waals surface area contributed by atoms with Gasteiger partial charge in [0.2, 0.25) is 0 Å². The number of carbonyl (C=O) groups is 1. The van der Waals surface area contributed by atoms with Gasteiger partial charge in [-0.15, -0.1) is 0 Å². The minimum Gasteiger partial charge on any atom is -0.352 e. The number of nitrogens with one attached hydrogen (secondary N) is 1. The molecule has 0 fully saturated rings. The Hall–Kier alpha value is -2.07. The summed E-state index contributed by atoms with van der Waals surface area (Å²) < 4.78 is 2.13. The zero-order valence-corrected chi connectivity index (χ0v) is 12.9. The van der Waals surface area contributed by atoms with Crippen molar-refractivity contribution in [3.8, 4) is 5.69 Å². The van der Waals surface area contributed by atoms with Gasteiger partial charge in [-0.05, 0) is 51.4 Å². The molecule has 21 heavy (non-hydrogen) atoms. The number of nitrogens with zero attached hydrogens (tertiary/aromatic N) is 1. The number of aryl methyl sites for hydroxylation is 2. The van der Waals surface area contributed by atoms with Crippen LogP contribution in [0.5, 0.6) is 0 Å². The van der Waals surface area contributed by atoms with E-state index in [0.29, 0.717) is 13.1 Å². The molecule has 0 unspecified atom stereocenters. The molecular weight excluding hydrogens is 262 g/mol. The normalized spacial score (nSPS) is 10.7. The molecule has 0 saturated carbocycles. The number of amides is 1. The summed E-state index contributed by atoms with van der Waals surface area (Å²) >= 11 is 0. The van der Waals surface area contributed by atoms with E-state index in [1.54, 1.807) is 0 Å². The van der Waals surface area contributed by atoms with Gasteiger partial charge in [-0.2, -0.15) is 0 Å². The zero-order valence-electron chi connectivity index (χ0n) is 12.9. The van der Waals surface area contributed by atoms with E-state index in [1.165, 1.54) is 5.56 Å². The van der Waals surface area contributed by atoms with Gasteiger partial charge in [-0.3, -0.25) is 4.79 Å². The molecule has 1 aromatic carbocycles. The summed E-state index contributed by atoms with van der Waals surface area (Å²) in [5, 5.41) is 2.92. The van der Waals surface area contributed by atoms with E-state index < -0.39 is 0 Å². The first kappa shape index (κ1) is 15.3. The Kier molecular flexibility index (Phi) is 4.81. The number of rotatable bonds is 5. The van der Waals surface area contributed by atoms with E-state index in [-0.39, 0.29) is 5.91 Å². The second-order valence-corrected chi connectivity index (χ2v) is 5.30. The molecule has 4 heteroatoms. The van der Waals surface area contributed by atoms with Gasteiger partial charge >= 0.3 is 0 Å². The summed E-state index contributed by atoms with van der Waals surface area (Å²) in [5.41, 5.74) is 10.5. The lowest BCUT2D eigenvalue weighted by Gasteiger charge is -2.12. The van der Waals surface area contributed by atoms with E-state index in [2.05, 4.69) is 28.9 Å². The van der Waals surface area contributed by atoms with Gasteiger partial charge in [0.15, 0.2) is 0 Å². The molecule has 3 N–H and O–H groups in total. The van der Waals surface area contributed by atoms with Crippen LogP contribution in [0.1, 0.15) is 33.7 Å². The Morgan fingerprint density at radius 3 is 2.62 bits per heavy atom. The van der Waals surface area contributed by atoms with E-state index in [0.717, 1.165) is 29.1 Å². The fraction of sp³-hybridized carbons (Fsp3) is 0.353. The summed E-state index contributed by atoms with van der Waals surface area (Å²) in [6.45, 7) is 7.29. The van der Waals surface area contributed by atoms with Crippen LogP contribution < -0.4 is 11.1 Å². The predicted octanol–water partition coefficient (Wildman–Crippen LogP) is 2.48. The number of benzene rings is 1. The van der Waals surface area contributed by atoms with E-state index in [1.807, 2.05) is 32.0 Å². The monoisotopic (exact) mass is 285 g/mol. The maximum Gasteiger partial charge on any atom is 0.253 e. The topological polar surface area (TPSA) is 60.0 Å². The predicted molar refractivity (Wildman–Crippen MR) is 86.0 cm³/mol. The quantitative estimate of drug-likeness (QED) is 0.829. The highest BCUT2D eigenvalue weighted by molar-refractivity contribution is 5.95. The molecule has 2 aromatic rings. The van der Waals surface area contributed by atoms with Crippen molar-refractivity contribution in [1.82, 2.24) is 9.88 Å². The van der Waals surface area contributed by atoms with Crippen LogP contribution in [0.25, 0.3) is 5.69 Å². The molecule has 4 nitrogen and oxygen atoms in total. The molecule has 0 atom stereocenters. The Morgan fingerprint density at radius 1 is 1.24 bits per heavy atom. The number of para-hydroxylation sites is 1. The molecule has 2 rings (SSSR count). The van der Waals surface area contributed by atoms with Crippen LogP contribution in [0.2, 0.25) is 0 Å². The Bertz CT molecular complexity index is 643. The van der Waals surface area contributed by atoms with Crippen molar-refractivity contribution in [2.45, 2.75) is 27.2 Å². The van der Waals surface area contributed by atoms with Gasteiger partial charge in [0, 0.05) is 23.6 Å². The van der Waals surface area contributed by atoms with Gasteiger partial charge in [-0.1, -0.05) is 18.2 Å². The smallest absolute Gasteiger partial charge is 0.253 e. The number of nitrogens with two attached hydrogens (primary N) is 1. The van der Waals surface area contributed by atoms with Crippen molar-refractivity contribution in [3.63, 3.8) is 0 Å². The summed E-state index contributed by atoms with van der Waals surface area (Å²) in [7, 11) is 0. The van der Waals surface area contributed by atoms with Gasteiger partial charge in [0.25, 0.3) is 5.91 Å². The molecule has 0 aliphatic rings. The standard InChI is InChI=1S/C17H23N3O/c1-12-7-4-5-8-16(12)20-13(2)11-15(14(20)3)17(21)19-10-6-9-18/h4-5,7-8,11H,6,9-10,18H2,1-3H3,(H,19,21). The highest BCUT2D eigenvalue weighted by atomic mass is 16.1. The number of carbonyl (C=O) groups excluding carboxylic acids is 1. The van der Waals surface area contributed by atoms with Crippen LogP contribution >= 0.6 is 0 Å². The highest BCUT2D eigenvalue weighted by Gasteiger charge is 2.16. The first-order valence-electron chi connectivity index (χ1n) is 7.29. The third-order valence-corrected chi connectivity index (χ3v) is 3.70. The molecule has 0 radical (unpaired) electrons. The van der Waals surface area contributed by atoms with E-state index >= 15 is 0 Å². The largest absolute Gasteiger partial charge is 0.352 e. The van der Waals surface area contributed by atoms with Crippen LogP contribution in [-0.2, 0) is 0 Å². The first-order chi connectivity index (χ1) is 10.1. The summed E-state index contributed by atoms with van der Waals surface area (Å²) in [5.74, 6) is -0.0311. The van der Waals surface area contributed by atoms with Crippen molar-refractivity contribution in [2.24, 2.45) is 5.73 Å². The van der Waals surface area contributed by atoms with Crippen molar-refractivity contribution >= 4 is 5.91 Å². The third-order valence-electron chi connectivity index (χ3n) is 3.70. The minimum atomic E-state index is -0.0311. The molecule has 1 heterocycles. The second kappa shape index (κ2) is 6.59. The van der Waals surface area contributed by atoms with Gasteiger partial charge in [-0.25, -0.2) is 0 Å². The molecule has 1 amide bonds. The zero-order chi connectivity index (χ0) is 15.4. The molecule has 1 aromatic heterocycles. The summed E-state index contributed by atoms with van der Waals surface area (Å²) in [6, 6.07) is 10.1. The van der Waals surface area contributed by atoms with Gasteiger partial charge in [0.1, 0.15) is 0 Å². The van der Waals surface area contributed by atoms with Crippen molar-refractivity contribution in [3.05, 3.63) is 52.8 Å². The van der Waals surface area contributed by atoms with Crippen LogP contribution in [0.15, 0.2) is 30.3 Å². The van der Waals surface area contributed by atoms with Crippen molar-refractivity contribution in [1.29, 1.82) is 0 Å². The second-order valence-electron chi connectivity index (χ2n) is 5.30. The average Bonchev–Trinajstić information content (AvgIpc) is 2.75. The Labute approximate surface area is 126 Å². The first-order valence-corrected chi connectivity index (χ1v) is 7.29. The van der Waals surface area contributed by atoms with Crippen LogP contribution in [0.4, 0.5) is 0 Å². The fourth-order valence-electron chi connectivity index (χ4n) is 2.58. The maximum atomic E-state index is 12.3. The molecule has 0 aliphatic carbocycles. The van der Waals surface area contributed by atoms with Gasteiger partial charge < -0.3 is 15.6 Å². The molecule has 112 valence electrons. The lowest BCUT2D eigenvalue weighted by atomic mass is 10.2. The van der Waals surface area contributed by atoms with Crippen LogP contribution in [-0.4, -0.2) is 23.6 Å². The molecular formula is C17H23N3O. The lowest BCUT2D eigenvalue weighted by molar-refractivity contribution is 0.0953. The molecule has 0 spiro atoms. The fourth-order valence-corrected chi connectivity index (χ4v) is 2.58.